The highest BCUT2D eigenvalue weighted by molar-refractivity contribution is 7.10. The molecular weight excluding hydrogens is 232 g/mol. The number of nitriles is 1. The lowest BCUT2D eigenvalue weighted by atomic mass is 9.86. The van der Waals surface area contributed by atoms with Gasteiger partial charge in [0.15, 0.2) is 0 Å². The molecule has 0 saturated carbocycles. The van der Waals surface area contributed by atoms with Gasteiger partial charge in [-0.3, -0.25) is 4.79 Å². The van der Waals surface area contributed by atoms with Gasteiger partial charge >= 0.3 is 0 Å². The molecule has 0 fully saturated rings. The number of hydrogen-bond acceptors (Lipinski definition) is 3. The molecule has 3 nitrogen and oxygen atoms in total. The Balaban J connectivity index is 2.19. The second-order valence-corrected chi connectivity index (χ2v) is 5.26. The second kappa shape index (κ2) is 5.33. The first-order valence-electron chi connectivity index (χ1n) is 6.00. The molecule has 0 aliphatic heterocycles. The lowest BCUT2D eigenvalue weighted by Crippen LogP contribution is -2.36. The fourth-order valence-electron chi connectivity index (χ4n) is 2.39. The number of rotatable bonds is 3. The Kier molecular flexibility index (Phi) is 3.80. The van der Waals surface area contributed by atoms with Crippen LogP contribution in [-0.2, 0) is 11.2 Å². The number of likely N-dealkylation sites (N-methyl/N-ethyl adjacent to an activating group) is 1. The molecule has 4 heteroatoms. The molecule has 1 aliphatic carbocycles. The number of carbonyl (C=O) groups is 1. The van der Waals surface area contributed by atoms with E-state index in [0.29, 0.717) is 6.54 Å². The van der Waals surface area contributed by atoms with Crippen molar-refractivity contribution in [3.8, 4) is 6.07 Å². The van der Waals surface area contributed by atoms with Gasteiger partial charge in [-0.1, -0.05) is 0 Å². The number of nitrogens with zero attached hydrogens (tertiary/aromatic N) is 2. The first kappa shape index (κ1) is 12.1. The quantitative estimate of drug-likeness (QED) is 0.772. The van der Waals surface area contributed by atoms with Crippen LogP contribution in [-0.4, -0.2) is 23.9 Å². The Morgan fingerprint density at radius 2 is 2.53 bits per heavy atom. The molecule has 0 aromatic carbocycles. The average Bonchev–Trinajstić information content (AvgIpc) is 2.83. The summed E-state index contributed by atoms with van der Waals surface area (Å²) in [7, 11) is 0. The third-order valence-electron chi connectivity index (χ3n) is 3.30. The van der Waals surface area contributed by atoms with E-state index in [0.717, 1.165) is 19.3 Å². The standard InChI is InChI=1S/C13H16N2OS/c1-2-15(8-7-14)13(16)11-4-3-5-12-10(11)6-9-17-12/h6,9,11H,2-5,8H2,1H3. The number of fused-ring (bicyclic) bond motifs is 1. The summed E-state index contributed by atoms with van der Waals surface area (Å²) in [5.74, 6) is 0.103. The maximum Gasteiger partial charge on any atom is 0.230 e. The number of thiophene rings is 1. The molecule has 0 bridgehead atoms. The van der Waals surface area contributed by atoms with Gasteiger partial charge in [-0.2, -0.15) is 5.26 Å². The molecule has 1 atom stereocenters. The van der Waals surface area contributed by atoms with Gasteiger partial charge in [0.05, 0.1) is 12.0 Å². The van der Waals surface area contributed by atoms with Gasteiger partial charge in [0.25, 0.3) is 0 Å². The zero-order valence-electron chi connectivity index (χ0n) is 9.98. The Morgan fingerprint density at radius 1 is 1.71 bits per heavy atom. The summed E-state index contributed by atoms with van der Waals surface area (Å²) in [6.45, 7) is 2.74. The van der Waals surface area contributed by atoms with Crippen LogP contribution < -0.4 is 0 Å². The Morgan fingerprint density at radius 3 is 3.24 bits per heavy atom. The second-order valence-electron chi connectivity index (χ2n) is 4.25. The van der Waals surface area contributed by atoms with Crippen molar-refractivity contribution in [2.45, 2.75) is 32.1 Å². The summed E-state index contributed by atoms with van der Waals surface area (Å²) in [6, 6.07) is 4.14. The van der Waals surface area contributed by atoms with Crippen molar-refractivity contribution in [2.24, 2.45) is 0 Å². The van der Waals surface area contributed by atoms with Crippen LogP contribution in [0.25, 0.3) is 0 Å². The predicted molar refractivity (Wildman–Crippen MR) is 67.9 cm³/mol. The largest absolute Gasteiger partial charge is 0.329 e. The van der Waals surface area contributed by atoms with Crippen LogP contribution in [0.4, 0.5) is 0 Å². The SMILES string of the molecule is CCN(CC#N)C(=O)C1CCCc2sccc21. The fourth-order valence-corrected chi connectivity index (χ4v) is 3.38. The Labute approximate surface area is 106 Å². The zero-order chi connectivity index (χ0) is 12.3. The molecule has 1 amide bonds. The number of aryl methyl sites for hydroxylation is 1. The van der Waals surface area contributed by atoms with Crippen LogP contribution in [0, 0.1) is 11.3 Å². The minimum absolute atomic E-state index is 0.0155. The number of amides is 1. The van der Waals surface area contributed by atoms with Gasteiger partial charge in [0.2, 0.25) is 5.91 Å². The molecule has 1 heterocycles. The summed E-state index contributed by atoms with van der Waals surface area (Å²) in [5.41, 5.74) is 1.20. The first-order chi connectivity index (χ1) is 8.27. The van der Waals surface area contributed by atoms with Gasteiger partial charge in [-0.05, 0) is 43.2 Å². The predicted octanol–water partition coefficient (Wildman–Crippen LogP) is 2.54. The number of hydrogen-bond donors (Lipinski definition) is 0. The van der Waals surface area contributed by atoms with Crippen molar-refractivity contribution >= 4 is 17.2 Å². The van der Waals surface area contributed by atoms with E-state index in [4.69, 9.17) is 5.26 Å². The van der Waals surface area contributed by atoms with Gasteiger partial charge in [-0.15, -0.1) is 11.3 Å². The summed E-state index contributed by atoms with van der Waals surface area (Å²) < 4.78 is 0. The molecule has 1 aromatic heterocycles. The summed E-state index contributed by atoms with van der Waals surface area (Å²) in [5, 5.41) is 10.8. The van der Waals surface area contributed by atoms with Crippen molar-refractivity contribution in [1.82, 2.24) is 4.90 Å². The smallest absolute Gasteiger partial charge is 0.230 e. The topological polar surface area (TPSA) is 44.1 Å². The third-order valence-corrected chi connectivity index (χ3v) is 4.30. The molecule has 0 radical (unpaired) electrons. The maximum atomic E-state index is 12.4. The molecule has 0 N–H and O–H groups in total. The molecule has 2 rings (SSSR count). The zero-order valence-corrected chi connectivity index (χ0v) is 10.8. The van der Waals surface area contributed by atoms with E-state index < -0.39 is 0 Å². The molecule has 1 aliphatic rings. The van der Waals surface area contributed by atoms with Crippen LogP contribution in [0.2, 0.25) is 0 Å². The highest BCUT2D eigenvalue weighted by Crippen LogP contribution is 2.35. The van der Waals surface area contributed by atoms with Crippen LogP contribution in [0.5, 0.6) is 0 Å². The minimum atomic E-state index is -0.0155. The number of carbonyl (C=O) groups excluding carboxylic acids is 1. The van der Waals surface area contributed by atoms with Gasteiger partial charge in [0.1, 0.15) is 6.54 Å². The summed E-state index contributed by atoms with van der Waals surface area (Å²) in [4.78, 5) is 15.4. The molecule has 1 aromatic rings. The van der Waals surface area contributed by atoms with Gasteiger partial charge < -0.3 is 4.90 Å². The van der Waals surface area contributed by atoms with Crippen molar-refractivity contribution in [2.75, 3.05) is 13.1 Å². The van der Waals surface area contributed by atoms with Crippen LogP contribution in [0.1, 0.15) is 36.1 Å². The van der Waals surface area contributed by atoms with E-state index in [1.165, 1.54) is 10.4 Å². The van der Waals surface area contributed by atoms with Crippen molar-refractivity contribution in [3.63, 3.8) is 0 Å². The van der Waals surface area contributed by atoms with E-state index in [1.807, 2.05) is 6.92 Å². The van der Waals surface area contributed by atoms with Crippen molar-refractivity contribution in [3.05, 3.63) is 21.9 Å². The average molecular weight is 248 g/mol. The van der Waals surface area contributed by atoms with Gasteiger partial charge in [0, 0.05) is 11.4 Å². The van der Waals surface area contributed by atoms with Crippen LogP contribution in [0.15, 0.2) is 11.4 Å². The van der Waals surface area contributed by atoms with E-state index in [9.17, 15) is 4.79 Å². The lowest BCUT2D eigenvalue weighted by Gasteiger charge is -2.27. The van der Waals surface area contributed by atoms with Crippen LogP contribution in [0.3, 0.4) is 0 Å². The van der Waals surface area contributed by atoms with E-state index >= 15 is 0 Å². The summed E-state index contributed by atoms with van der Waals surface area (Å²) in [6.07, 6.45) is 3.10. The fraction of sp³-hybridized carbons (Fsp3) is 0.538. The maximum absolute atomic E-state index is 12.4. The van der Waals surface area contributed by atoms with Crippen molar-refractivity contribution in [1.29, 1.82) is 5.26 Å². The van der Waals surface area contributed by atoms with Gasteiger partial charge in [-0.25, -0.2) is 0 Å². The third kappa shape index (κ3) is 2.34. The molecular formula is C13H16N2OS. The molecule has 0 spiro atoms. The van der Waals surface area contributed by atoms with E-state index in [1.54, 1.807) is 16.2 Å². The first-order valence-corrected chi connectivity index (χ1v) is 6.88. The highest BCUT2D eigenvalue weighted by atomic mass is 32.1. The van der Waals surface area contributed by atoms with E-state index in [-0.39, 0.29) is 18.4 Å². The highest BCUT2D eigenvalue weighted by Gasteiger charge is 2.29. The van der Waals surface area contributed by atoms with E-state index in [2.05, 4.69) is 17.5 Å². The lowest BCUT2D eigenvalue weighted by molar-refractivity contribution is -0.132. The normalized spacial score (nSPS) is 18.2. The molecule has 0 saturated heterocycles. The Bertz CT molecular complexity index is 447. The molecule has 17 heavy (non-hydrogen) atoms. The molecule has 90 valence electrons. The summed E-state index contributed by atoms with van der Waals surface area (Å²) >= 11 is 1.74. The van der Waals surface area contributed by atoms with Crippen molar-refractivity contribution < 1.29 is 4.79 Å². The monoisotopic (exact) mass is 248 g/mol. The van der Waals surface area contributed by atoms with Crippen LogP contribution >= 0.6 is 11.3 Å². The Hall–Kier alpha value is -1.34. The minimum Gasteiger partial charge on any atom is -0.329 e. The molecule has 1 unspecified atom stereocenters.